The smallest absolute Gasteiger partial charge is 0.298 e. The summed E-state index contributed by atoms with van der Waals surface area (Å²) in [5, 5.41) is 20.6. The zero-order chi connectivity index (χ0) is 21.1. The third kappa shape index (κ3) is 3.19. The highest BCUT2D eigenvalue weighted by molar-refractivity contribution is 9.11. The lowest BCUT2D eigenvalue weighted by molar-refractivity contribution is 0.178. The van der Waals surface area contributed by atoms with Crippen molar-refractivity contribution in [3.63, 3.8) is 0 Å². The molecule has 1 aliphatic rings. The molecule has 2 N–H and O–H groups in total. The molecule has 0 saturated carbocycles. The Labute approximate surface area is 200 Å². The average Bonchev–Trinajstić information content (AvgIpc) is 2.92. The fourth-order valence-corrected chi connectivity index (χ4v) is 7.19. The number of hydrogen-bond donors (Lipinski definition) is 2. The Morgan fingerprint density at radius 3 is 2.07 bits per heavy atom. The lowest BCUT2D eigenvalue weighted by Crippen LogP contribution is -2.30. The molecule has 0 amide bonds. The maximum atomic E-state index is 12.9. The maximum absolute atomic E-state index is 12.9. The second-order valence-corrected chi connectivity index (χ2v) is 11.1. The minimum Gasteiger partial charge on any atom is -0.506 e. The van der Waals surface area contributed by atoms with E-state index >= 15 is 0 Å². The van der Waals surface area contributed by atoms with E-state index in [1.54, 1.807) is 42.5 Å². The monoisotopic (exact) mass is 666 g/mol. The highest BCUT2D eigenvalue weighted by atomic mass is 79.9. The summed E-state index contributed by atoms with van der Waals surface area (Å²) in [5.41, 5.74) is -0.376. The van der Waals surface area contributed by atoms with E-state index in [9.17, 15) is 18.6 Å². The second kappa shape index (κ2) is 7.35. The zero-order valence-electron chi connectivity index (χ0n) is 14.2. The van der Waals surface area contributed by atoms with Crippen molar-refractivity contribution < 1.29 is 22.8 Å². The van der Waals surface area contributed by atoms with E-state index in [4.69, 9.17) is 4.18 Å². The van der Waals surface area contributed by atoms with Gasteiger partial charge < -0.3 is 10.2 Å². The van der Waals surface area contributed by atoms with Crippen LogP contribution in [0.3, 0.4) is 0 Å². The van der Waals surface area contributed by atoms with Crippen LogP contribution in [0.4, 0.5) is 0 Å². The number of fused-ring (bicyclic) bond motifs is 1. The molecule has 1 atom stereocenters. The molecule has 4 rings (SSSR count). The van der Waals surface area contributed by atoms with Gasteiger partial charge in [0, 0.05) is 11.1 Å². The molecule has 0 saturated heterocycles. The molecule has 10 heteroatoms. The van der Waals surface area contributed by atoms with Crippen LogP contribution >= 0.6 is 63.7 Å². The summed E-state index contributed by atoms with van der Waals surface area (Å²) < 4.78 is 33.1. The van der Waals surface area contributed by atoms with E-state index in [0.29, 0.717) is 30.1 Å². The van der Waals surface area contributed by atoms with Gasteiger partial charge in [0.05, 0.1) is 17.9 Å². The minimum absolute atomic E-state index is 0.0317. The fourth-order valence-electron chi connectivity index (χ4n) is 3.36. The van der Waals surface area contributed by atoms with Crippen LogP contribution in [0.5, 0.6) is 11.5 Å². The second-order valence-electron chi connectivity index (χ2n) is 6.26. The van der Waals surface area contributed by atoms with Gasteiger partial charge in [-0.2, -0.15) is 8.42 Å². The van der Waals surface area contributed by atoms with Crippen molar-refractivity contribution >= 4 is 73.8 Å². The summed E-state index contributed by atoms with van der Waals surface area (Å²) in [6.07, 6.45) is 0. The van der Waals surface area contributed by atoms with E-state index in [0.717, 1.165) is 0 Å². The van der Waals surface area contributed by atoms with Crippen LogP contribution in [0.1, 0.15) is 16.7 Å². The van der Waals surface area contributed by atoms with Crippen LogP contribution in [0.15, 0.2) is 71.3 Å². The van der Waals surface area contributed by atoms with E-state index < -0.39 is 15.7 Å². The van der Waals surface area contributed by atoms with Gasteiger partial charge >= 0.3 is 0 Å². The van der Waals surface area contributed by atoms with Crippen LogP contribution in [-0.2, 0) is 19.9 Å². The van der Waals surface area contributed by atoms with Crippen molar-refractivity contribution in [2.45, 2.75) is 10.5 Å². The van der Waals surface area contributed by atoms with Crippen molar-refractivity contribution in [2.75, 3.05) is 0 Å². The molecule has 0 bridgehead atoms. The molecule has 150 valence electrons. The molecule has 1 heterocycles. The summed E-state index contributed by atoms with van der Waals surface area (Å²) in [5.74, 6) is -0.125. The standard InChI is InChI=1S/C19H10Br4O5S/c20-12-6-5-11(16(23)18(12)25)19(9-7-13(21)17(24)14(22)8-9)10-3-1-2-4-15(10)29(26,27)28-19/h1-8,24-25H. The Balaban J connectivity index is 2.18. The zero-order valence-corrected chi connectivity index (χ0v) is 21.3. The van der Waals surface area contributed by atoms with Crippen molar-refractivity contribution in [1.82, 2.24) is 0 Å². The number of halogens is 4. The molecule has 0 spiro atoms. The number of rotatable bonds is 2. The van der Waals surface area contributed by atoms with Gasteiger partial charge in [-0.1, -0.05) is 24.3 Å². The Kier molecular flexibility index (Phi) is 5.40. The maximum Gasteiger partial charge on any atom is 0.298 e. The topological polar surface area (TPSA) is 83.8 Å². The van der Waals surface area contributed by atoms with Gasteiger partial charge in [-0.15, -0.1) is 0 Å². The lowest BCUT2D eigenvalue weighted by Gasteiger charge is -2.31. The molecular formula is C19H10Br4O5S. The fraction of sp³-hybridized carbons (Fsp3) is 0.0526. The summed E-state index contributed by atoms with van der Waals surface area (Å²) in [6, 6.07) is 12.9. The predicted octanol–water partition coefficient (Wildman–Crippen LogP) is 6.16. The van der Waals surface area contributed by atoms with Gasteiger partial charge in [-0.05, 0) is 93.5 Å². The molecular weight excluding hydrogens is 660 g/mol. The first kappa shape index (κ1) is 21.3. The summed E-state index contributed by atoms with van der Waals surface area (Å²) in [6.45, 7) is 0. The Hall–Kier alpha value is -0.910. The number of phenolic OH excluding ortho intramolecular Hbond substituents is 2. The first-order valence-corrected chi connectivity index (χ1v) is 12.6. The first-order chi connectivity index (χ1) is 13.6. The van der Waals surface area contributed by atoms with Crippen LogP contribution in [0, 0.1) is 0 Å². The van der Waals surface area contributed by atoms with Gasteiger partial charge in [-0.3, -0.25) is 0 Å². The average molecular weight is 670 g/mol. The molecule has 1 unspecified atom stereocenters. The number of aromatic hydroxyl groups is 2. The highest BCUT2D eigenvalue weighted by Crippen LogP contribution is 2.55. The van der Waals surface area contributed by atoms with Gasteiger partial charge in [0.25, 0.3) is 10.1 Å². The van der Waals surface area contributed by atoms with E-state index in [1.807, 2.05) is 0 Å². The largest absolute Gasteiger partial charge is 0.506 e. The molecule has 1 aliphatic heterocycles. The van der Waals surface area contributed by atoms with Crippen LogP contribution in [0.25, 0.3) is 0 Å². The molecule has 5 nitrogen and oxygen atoms in total. The van der Waals surface area contributed by atoms with Gasteiger partial charge in [0.2, 0.25) is 0 Å². The van der Waals surface area contributed by atoms with E-state index in [1.165, 1.54) is 6.07 Å². The molecule has 0 aliphatic carbocycles. The number of hydrogen-bond acceptors (Lipinski definition) is 5. The minimum atomic E-state index is -4.09. The van der Waals surface area contributed by atoms with Crippen molar-refractivity contribution in [3.8, 4) is 11.5 Å². The van der Waals surface area contributed by atoms with E-state index in [2.05, 4.69) is 63.7 Å². The Bertz CT molecular complexity index is 1250. The Morgan fingerprint density at radius 1 is 0.793 bits per heavy atom. The Morgan fingerprint density at radius 2 is 1.41 bits per heavy atom. The van der Waals surface area contributed by atoms with Gasteiger partial charge in [0.1, 0.15) is 16.4 Å². The molecule has 29 heavy (non-hydrogen) atoms. The van der Waals surface area contributed by atoms with Crippen LogP contribution in [-0.4, -0.2) is 18.6 Å². The normalized spacial score (nSPS) is 19.9. The SMILES string of the molecule is O=S1(=O)OC(c2cc(Br)c(O)c(Br)c2)(c2ccc(Br)c(O)c2Br)c2ccccc21. The summed E-state index contributed by atoms with van der Waals surface area (Å²) >= 11 is 13.2. The summed E-state index contributed by atoms with van der Waals surface area (Å²) in [4.78, 5) is 0.0367. The first-order valence-electron chi connectivity index (χ1n) is 8.00. The number of benzene rings is 3. The molecule has 3 aromatic carbocycles. The third-order valence-electron chi connectivity index (χ3n) is 4.64. The molecule has 0 radical (unpaired) electrons. The van der Waals surface area contributed by atoms with Crippen molar-refractivity contribution in [2.24, 2.45) is 0 Å². The molecule has 0 aromatic heterocycles. The molecule has 0 fully saturated rings. The highest BCUT2D eigenvalue weighted by Gasteiger charge is 2.52. The third-order valence-corrected chi connectivity index (χ3v) is 8.66. The van der Waals surface area contributed by atoms with E-state index in [-0.39, 0.29) is 20.9 Å². The van der Waals surface area contributed by atoms with Crippen molar-refractivity contribution in [1.29, 1.82) is 0 Å². The van der Waals surface area contributed by atoms with Crippen molar-refractivity contribution in [3.05, 3.63) is 83.1 Å². The lowest BCUT2D eigenvalue weighted by atomic mass is 9.80. The van der Waals surface area contributed by atoms with Gasteiger partial charge in [-0.25, -0.2) is 4.18 Å². The van der Waals surface area contributed by atoms with Crippen LogP contribution in [0.2, 0.25) is 0 Å². The van der Waals surface area contributed by atoms with Gasteiger partial charge in [0.15, 0.2) is 5.60 Å². The predicted molar refractivity (Wildman–Crippen MR) is 122 cm³/mol. The molecule has 3 aromatic rings. The quantitative estimate of drug-likeness (QED) is 0.320. The summed E-state index contributed by atoms with van der Waals surface area (Å²) in [7, 11) is -4.09. The number of phenols is 2. The van der Waals surface area contributed by atoms with Crippen LogP contribution < -0.4 is 0 Å².